The first kappa shape index (κ1) is 24.6. The lowest BCUT2D eigenvalue weighted by molar-refractivity contribution is -0.173. The molecule has 1 aromatic heterocycles. The molecule has 4 rings (SSSR count). The largest absolute Gasteiger partial charge is 0.416 e. The normalized spacial score (nSPS) is 18.0. The summed E-state index contributed by atoms with van der Waals surface area (Å²) in [6, 6.07) is 8.85. The fraction of sp³-hybridized carbons (Fsp3) is 0.333. The molecular weight excluding hydrogens is 474 g/mol. The molecule has 0 radical (unpaired) electrons. The maximum Gasteiger partial charge on any atom is 0.416 e. The van der Waals surface area contributed by atoms with Crippen LogP contribution in [0.5, 0.6) is 0 Å². The summed E-state index contributed by atoms with van der Waals surface area (Å²) in [4.78, 5) is 12.8. The molecule has 3 aromatic rings. The van der Waals surface area contributed by atoms with Crippen molar-refractivity contribution in [3.63, 3.8) is 0 Å². The van der Waals surface area contributed by atoms with E-state index in [9.17, 15) is 31.1 Å². The number of aromatic nitrogens is 2. The Bertz CT molecular complexity index is 1180. The Morgan fingerprint density at radius 2 is 1.66 bits per heavy atom. The average Bonchev–Trinajstić information content (AvgIpc) is 3.25. The second-order valence-electron chi connectivity index (χ2n) is 8.31. The number of carbonyl (C=O) groups excluding carboxylic acids is 1. The van der Waals surface area contributed by atoms with Crippen molar-refractivity contribution in [1.29, 1.82) is 0 Å². The van der Waals surface area contributed by atoms with Crippen LogP contribution in [-0.4, -0.2) is 21.9 Å². The second-order valence-corrected chi connectivity index (χ2v) is 8.31. The van der Waals surface area contributed by atoms with Gasteiger partial charge in [0.1, 0.15) is 11.4 Å². The predicted octanol–water partition coefficient (Wildman–Crippen LogP) is 6.05. The van der Waals surface area contributed by atoms with E-state index in [-0.39, 0.29) is 24.3 Å². The number of alkyl halides is 6. The van der Waals surface area contributed by atoms with Crippen LogP contribution in [-0.2, 0) is 19.1 Å². The van der Waals surface area contributed by atoms with E-state index >= 15 is 0 Å². The van der Waals surface area contributed by atoms with E-state index in [4.69, 9.17) is 0 Å². The molecule has 186 valence electrons. The third-order valence-electron chi connectivity index (χ3n) is 6.01. The van der Waals surface area contributed by atoms with Crippen LogP contribution in [0, 0.1) is 0 Å². The van der Waals surface area contributed by atoms with Gasteiger partial charge in [-0.05, 0) is 35.2 Å². The van der Waals surface area contributed by atoms with Crippen molar-refractivity contribution in [2.75, 3.05) is 5.32 Å². The van der Waals surface area contributed by atoms with E-state index in [2.05, 4.69) is 15.7 Å². The summed E-state index contributed by atoms with van der Waals surface area (Å²) in [6.07, 6.45) is -7.51. The molecule has 0 unspecified atom stereocenters. The first-order valence-corrected chi connectivity index (χ1v) is 10.9. The number of aryl methyl sites for hydroxylation is 1. The van der Waals surface area contributed by atoms with Gasteiger partial charge in [-0.3, -0.25) is 4.79 Å². The maximum absolute atomic E-state index is 13.9. The maximum atomic E-state index is 13.9. The van der Waals surface area contributed by atoms with Gasteiger partial charge in [0.05, 0.1) is 17.8 Å². The molecule has 5 nitrogen and oxygen atoms in total. The zero-order chi connectivity index (χ0) is 25.4. The number of nitrogens with zero attached hydrogens (tertiary/aromatic N) is 2. The van der Waals surface area contributed by atoms with Crippen molar-refractivity contribution < 1.29 is 31.1 Å². The minimum atomic E-state index is -4.58. The van der Waals surface area contributed by atoms with Crippen LogP contribution in [0.25, 0.3) is 0 Å². The minimum Gasteiger partial charge on any atom is -0.363 e. The van der Waals surface area contributed by atoms with Crippen molar-refractivity contribution >= 4 is 11.7 Å². The summed E-state index contributed by atoms with van der Waals surface area (Å²) in [6.45, 7) is 1.87. The molecule has 0 fully saturated rings. The van der Waals surface area contributed by atoms with Crippen LogP contribution in [0.2, 0.25) is 0 Å². The summed E-state index contributed by atoms with van der Waals surface area (Å²) >= 11 is 0. The van der Waals surface area contributed by atoms with Gasteiger partial charge in [0.2, 0.25) is 0 Å². The lowest BCUT2D eigenvalue weighted by atomic mass is 9.95. The molecule has 0 spiro atoms. The van der Waals surface area contributed by atoms with E-state index in [1.165, 1.54) is 12.1 Å². The van der Waals surface area contributed by atoms with Crippen LogP contribution in [0.3, 0.4) is 0 Å². The fourth-order valence-electron chi connectivity index (χ4n) is 4.02. The number of hydrogen-bond acceptors (Lipinski definition) is 3. The number of hydrogen-bond donors (Lipinski definition) is 2. The molecule has 1 aliphatic heterocycles. The van der Waals surface area contributed by atoms with Gasteiger partial charge in [-0.2, -0.15) is 31.4 Å². The Hall–Kier alpha value is -3.50. The van der Waals surface area contributed by atoms with Crippen molar-refractivity contribution in [3.8, 4) is 0 Å². The topological polar surface area (TPSA) is 59.0 Å². The Balaban J connectivity index is 1.55. The molecule has 11 heteroatoms. The first-order chi connectivity index (χ1) is 16.5. The molecule has 2 heterocycles. The number of halogens is 6. The van der Waals surface area contributed by atoms with Crippen molar-refractivity contribution in [1.82, 2.24) is 15.1 Å². The van der Waals surface area contributed by atoms with Gasteiger partial charge in [0.15, 0.2) is 6.04 Å². The lowest BCUT2D eigenvalue weighted by Gasteiger charge is -2.34. The molecule has 0 aliphatic carbocycles. The summed E-state index contributed by atoms with van der Waals surface area (Å²) in [5.74, 6) is -0.755. The third kappa shape index (κ3) is 5.28. The lowest BCUT2D eigenvalue weighted by Crippen LogP contribution is -2.36. The molecule has 2 atom stereocenters. The van der Waals surface area contributed by atoms with E-state index in [1.54, 1.807) is 12.1 Å². The highest BCUT2D eigenvalue weighted by atomic mass is 19.4. The molecule has 1 aliphatic rings. The Kier molecular flexibility index (Phi) is 6.52. The molecule has 1 amide bonds. The van der Waals surface area contributed by atoms with Gasteiger partial charge in [-0.25, -0.2) is 4.68 Å². The van der Waals surface area contributed by atoms with E-state index < -0.39 is 35.9 Å². The predicted molar refractivity (Wildman–Crippen MR) is 117 cm³/mol. The standard InChI is InChI=1S/C24H22F6N4O/c1-2-14-3-7-16(8-4-14)19-11-20(24(28,29)30)34-21(33-19)18(13-32-34)22(35)31-12-15-5-9-17(10-6-15)23(25,26)27/h3-10,13,19-20,33H,2,11-12H2,1H3,(H,31,35)/t19-,20+/m0/s1. The van der Waals surface area contributed by atoms with Gasteiger partial charge in [-0.15, -0.1) is 0 Å². The van der Waals surface area contributed by atoms with E-state index in [0.29, 0.717) is 11.1 Å². The van der Waals surface area contributed by atoms with E-state index in [1.807, 2.05) is 19.1 Å². The summed E-state index contributed by atoms with van der Waals surface area (Å²) in [7, 11) is 0. The van der Waals surface area contributed by atoms with Crippen LogP contribution < -0.4 is 10.6 Å². The zero-order valence-corrected chi connectivity index (χ0v) is 18.5. The van der Waals surface area contributed by atoms with Crippen molar-refractivity contribution in [2.24, 2.45) is 0 Å². The van der Waals surface area contributed by atoms with Crippen LogP contribution in [0.4, 0.5) is 32.2 Å². The summed E-state index contributed by atoms with van der Waals surface area (Å²) in [5.41, 5.74) is 1.20. The van der Waals surface area contributed by atoms with Gasteiger partial charge in [0, 0.05) is 13.0 Å². The number of anilines is 1. The second kappa shape index (κ2) is 9.27. The number of rotatable bonds is 5. The number of fused-ring (bicyclic) bond motifs is 1. The Morgan fingerprint density at radius 1 is 1.03 bits per heavy atom. The van der Waals surface area contributed by atoms with Crippen molar-refractivity contribution in [3.05, 3.63) is 82.5 Å². The zero-order valence-electron chi connectivity index (χ0n) is 18.5. The number of nitrogens with one attached hydrogen (secondary N) is 2. The molecule has 35 heavy (non-hydrogen) atoms. The van der Waals surface area contributed by atoms with Crippen LogP contribution >= 0.6 is 0 Å². The molecule has 2 N–H and O–H groups in total. The highest BCUT2D eigenvalue weighted by molar-refractivity contribution is 5.98. The van der Waals surface area contributed by atoms with Gasteiger partial charge < -0.3 is 10.6 Å². The highest BCUT2D eigenvalue weighted by Gasteiger charge is 2.47. The highest BCUT2D eigenvalue weighted by Crippen LogP contribution is 2.44. The van der Waals surface area contributed by atoms with Crippen LogP contribution in [0.1, 0.15) is 58.0 Å². The fourth-order valence-corrected chi connectivity index (χ4v) is 4.02. The van der Waals surface area contributed by atoms with Gasteiger partial charge in [-0.1, -0.05) is 43.3 Å². The van der Waals surface area contributed by atoms with E-state index in [0.717, 1.165) is 35.0 Å². The summed E-state index contributed by atoms with van der Waals surface area (Å²) in [5, 5.41) is 9.38. The molecule has 0 saturated heterocycles. The quantitative estimate of drug-likeness (QED) is 0.423. The minimum absolute atomic E-state index is 0.0620. The Labute approximate surface area is 197 Å². The Morgan fingerprint density at radius 3 is 2.23 bits per heavy atom. The number of benzene rings is 2. The molecule has 0 bridgehead atoms. The van der Waals surface area contributed by atoms with Crippen molar-refractivity contribution in [2.45, 2.75) is 50.7 Å². The smallest absolute Gasteiger partial charge is 0.363 e. The average molecular weight is 496 g/mol. The van der Waals surface area contributed by atoms with Crippen LogP contribution in [0.15, 0.2) is 54.7 Å². The molecular formula is C24H22F6N4O. The number of carbonyl (C=O) groups is 1. The summed E-state index contributed by atoms with van der Waals surface area (Å²) < 4.78 is 80.5. The number of amides is 1. The molecule has 2 aromatic carbocycles. The molecule has 0 saturated carbocycles. The SMILES string of the molecule is CCc1ccc([C@@H]2C[C@H](C(F)(F)F)n3ncc(C(=O)NCc4ccc(C(F)(F)F)cc4)c3N2)cc1. The third-order valence-corrected chi connectivity index (χ3v) is 6.01. The van der Waals surface area contributed by atoms with Gasteiger partial charge in [0.25, 0.3) is 5.91 Å². The van der Waals surface area contributed by atoms with Gasteiger partial charge >= 0.3 is 12.4 Å². The first-order valence-electron chi connectivity index (χ1n) is 10.9. The monoisotopic (exact) mass is 496 g/mol.